The van der Waals surface area contributed by atoms with Crippen molar-refractivity contribution < 1.29 is 9.28 Å². The number of amides is 1. The number of benzene rings is 2. The molecule has 1 heterocycles. The molecule has 2 atom stereocenters. The SMILES string of the molecule is C[C@@H]1CCC[C@@H](C)[N+]1(C)CCC(C(N)=O)(c1ccccc1)c1ccccc1. The molecule has 1 amide bonds. The summed E-state index contributed by atoms with van der Waals surface area (Å²) in [6.45, 7) is 5.65. The molecule has 3 heteroatoms. The Morgan fingerprint density at radius 2 is 1.41 bits per heavy atom. The van der Waals surface area contributed by atoms with E-state index >= 15 is 0 Å². The summed E-state index contributed by atoms with van der Waals surface area (Å²) in [5.41, 5.74) is 7.31. The highest BCUT2D eigenvalue weighted by atomic mass is 16.1. The highest BCUT2D eigenvalue weighted by molar-refractivity contribution is 5.90. The van der Waals surface area contributed by atoms with Gasteiger partial charge >= 0.3 is 0 Å². The Balaban J connectivity index is 2.04. The van der Waals surface area contributed by atoms with Gasteiger partial charge in [-0.1, -0.05) is 60.7 Å². The summed E-state index contributed by atoms with van der Waals surface area (Å²) in [5.74, 6) is -0.260. The van der Waals surface area contributed by atoms with E-state index in [-0.39, 0.29) is 5.91 Å². The van der Waals surface area contributed by atoms with Crippen LogP contribution in [0.1, 0.15) is 50.7 Å². The van der Waals surface area contributed by atoms with Gasteiger partial charge in [0.1, 0.15) is 5.41 Å². The molecule has 0 aromatic heterocycles. The third kappa shape index (κ3) is 3.53. The normalized spacial score (nSPS) is 22.3. The van der Waals surface area contributed by atoms with Crippen molar-refractivity contribution in [2.75, 3.05) is 13.6 Å². The number of piperidine rings is 1. The van der Waals surface area contributed by atoms with Gasteiger partial charge in [-0.2, -0.15) is 0 Å². The minimum Gasteiger partial charge on any atom is -0.369 e. The van der Waals surface area contributed by atoms with Gasteiger partial charge in [-0.3, -0.25) is 4.79 Å². The second-order valence-electron chi connectivity index (χ2n) is 8.45. The topological polar surface area (TPSA) is 43.1 Å². The number of carbonyl (C=O) groups is 1. The van der Waals surface area contributed by atoms with Crippen molar-refractivity contribution in [3.05, 3.63) is 71.8 Å². The Labute approximate surface area is 163 Å². The number of quaternary nitrogens is 1. The molecule has 2 N–H and O–H groups in total. The molecule has 0 radical (unpaired) electrons. The van der Waals surface area contributed by atoms with E-state index in [1.54, 1.807) is 0 Å². The van der Waals surface area contributed by atoms with Gasteiger partial charge in [0.25, 0.3) is 0 Å². The maximum Gasteiger partial charge on any atom is 0.232 e. The highest BCUT2D eigenvalue weighted by Gasteiger charge is 2.45. The van der Waals surface area contributed by atoms with Crippen LogP contribution >= 0.6 is 0 Å². The quantitative estimate of drug-likeness (QED) is 0.764. The predicted octanol–water partition coefficient (Wildman–Crippen LogP) is 4.26. The number of rotatable bonds is 6. The molecule has 1 fully saturated rings. The molecule has 2 aromatic rings. The summed E-state index contributed by atoms with van der Waals surface area (Å²) in [6, 6.07) is 21.3. The first kappa shape index (κ1) is 19.6. The molecule has 0 spiro atoms. The lowest BCUT2D eigenvalue weighted by atomic mass is 9.71. The van der Waals surface area contributed by atoms with Gasteiger partial charge in [0.15, 0.2) is 0 Å². The number of hydrogen-bond donors (Lipinski definition) is 1. The molecular formula is C24H33N2O+. The third-order valence-electron chi connectivity index (χ3n) is 7.18. The lowest BCUT2D eigenvalue weighted by Gasteiger charge is -2.49. The lowest BCUT2D eigenvalue weighted by molar-refractivity contribution is -0.958. The Morgan fingerprint density at radius 3 is 1.81 bits per heavy atom. The second-order valence-corrected chi connectivity index (χ2v) is 8.45. The molecule has 3 nitrogen and oxygen atoms in total. The van der Waals surface area contributed by atoms with E-state index < -0.39 is 5.41 Å². The summed E-state index contributed by atoms with van der Waals surface area (Å²) >= 11 is 0. The van der Waals surface area contributed by atoms with E-state index in [4.69, 9.17) is 5.73 Å². The summed E-state index contributed by atoms with van der Waals surface area (Å²) in [4.78, 5) is 13.0. The predicted molar refractivity (Wildman–Crippen MR) is 111 cm³/mol. The average molecular weight is 366 g/mol. The standard InChI is InChI=1S/C24H32N2O/c1-19-11-10-12-20(2)26(19,3)18-17-24(23(25)27,21-13-6-4-7-14-21)22-15-8-5-9-16-22/h4-9,13-16,19-20H,10-12,17-18H2,1-3H3,(H-,25,27)/p+1/t19-,20-/m1/s1. The summed E-state index contributed by atoms with van der Waals surface area (Å²) in [7, 11) is 2.36. The second kappa shape index (κ2) is 7.85. The van der Waals surface area contributed by atoms with Crippen LogP contribution in [-0.2, 0) is 10.2 Å². The lowest BCUT2D eigenvalue weighted by Crippen LogP contribution is -2.60. The zero-order valence-electron chi connectivity index (χ0n) is 16.9. The molecule has 0 saturated carbocycles. The molecule has 1 aliphatic rings. The van der Waals surface area contributed by atoms with Crippen molar-refractivity contribution >= 4 is 5.91 Å². The molecule has 3 rings (SSSR count). The number of likely N-dealkylation sites (tertiary alicyclic amines) is 1. The van der Waals surface area contributed by atoms with Crippen molar-refractivity contribution in [2.24, 2.45) is 5.73 Å². The Kier molecular flexibility index (Phi) is 5.71. The molecule has 0 aliphatic carbocycles. The number of carbonyl (C=O) groups excluding carboxylic acids is 1. The van der Waals surface area contributed by atoms with Gasteiger partial charge in [-0.15, -0.1) is 0 Å². The van der Waals surface area contributed by atoms with Crippen LogP contribution in [0.25, 0.3) is 0 Å². The van der Waals surface area contributed by atoms with Gasteiger partial charge in [-0.05, 0) is 44.2 Å². The summed E-state index contributed by atoms with van der Waals surface area (Å²) in [5, 5.41) is 0. The first-order valence-electron chi connectivity index (χ1n) is 10.2. The highest BCUT2D eigenvalue weighted by Crippen LogP contribution is 2.38. The molecular weight excluding hydrogens is 332 g/mol. The Hall–Kier alpha value is -2.13. The fraction of sp³-hybridized carbons (Fsp3) is 0.458. The molecule has 1 saturated heterocycles. The average Bonchev–Trinajstić information content (AvgIpc) is 2.68. The molecule has 1 aliphatic heterocycles. The minimum absolute atomic E-state index is 0.260. The third-order valence-corrected chi connectivity index (χ3v) is 7.18. The van der Waals surface area contributed by atoms with Crippen LogP contribution in [0.5, 0.6) is 0 Å². The van der Waals surface area contributed by atoms with Crippen molar-refractivity contribution in [1.82, 2.24) is 0 Å². The number of primary amides is 1. The largest absolute Gasteiger partial charge is 0.369 e. The van der Waals surface area contributed by atoms with E-state index in [1.165, 1.54) is 19.3 Å². The smallest absolute Gasteiger partial charge is 0.232 e. The molecule has 144 valence electrons. The number of nitrogens with zero attached hydrogens (tertiary/aromatic N) is 1. The zero-order valence-corrected chi connectivity index (χ0v) is 16.9. The van der Waals surface area contributed by atoms with Gasteiger partial charge in [0.05, 0.1) is 25.7 Å². The molecule has 0 unspecified atom stereocenters. The van der Waals surface area contributed by atoms with Crippen molar-refractivity contribution in [1.29, 1.82) is 0 Å². The first-order valence-corrected chi connectivity index (χ1v) is 10.2. The van der Waals surface area contributed by atoms with Crippen LogP contribution in [0.2, 0.25) is 0 Å². The van der Waals surface area contributed by atoms with Gasteiger partial charge in [0.2, 0.25) is 5.91 Å². The zero-order chi connectivity index (χ0) is 19.5. The maximum absolute atomic E-state index is 13.0. The summed E-state index contributed by atoms with van der Waals surface area (Å²) < 4.78 is 1.01. The van der Waals surface area contributed by atoms with Crippen LogP contribution in [-0.4, -0.2) is 36.1 Å². The first-order chi connectivity index (χ1) is 12.9. The van der Waals surface area contributed by atoms with E-state index in [0.29, 0.717) is 12.1 Å². The van der Waals surface area contributed by atoms with Crippen molar-refractivity contribution in [3.63, 3.8) is 0 Å². The monoisotopic (exact) mass is 365 g/mol. The minimum atomic E-state index is -0.791. The Morgan fingerprint density at radius 1 is 0.963 bits per heavy atom. The van der Waals surface area contributed by atoms with Crippen molar-refractivity contribution in [3.8, 4) is 0 Å². The van der Waals surface area contributed by atoms with Crippen LogP contribution in [0.15, 0.2) is 60.7 Å². The summed E-state index contributed by atoms with van der Waals surface area (Å²) in [6.07, 6.45) is 4.53. The molecule has 2 aromatic carbocycles. The van der Waals surface area contributed by atoms with Crippen molar-refractivity contribution in [2.45, 2.75) is 57.0 Å². The fourth-order valence-electron chi connectivity index (χ4n) is 4.89. The van der Waals surface area contributed by atoms with E-state index in [9.17, 15) is 4.79 Å². The number of hydrogen-bond acceptors (Lipinski definition) is 1. The van der Waals surface area contributed by atoms with Crippen LogP contribution in [0.3, 0.4) is 0 Å². The van der Waals surface area contributed by atoms with Gasteiger partial charge < -0.3 is 10.2 Å². The van der Waals surface area contributed by atoms with Crippen LogP contribution in [0, 0.1) is 0 Å². The Bertz CT molecular complexity index is 707. The van der Waals surface area contributed by atoms with Gasteiger partial charge in [-0.25, -0.2) is 0 Å². The number of nitrogens with two attached hydrogens (primary N) is 1. The van der Waals surface area contributed by atoms with E-state index in [2.05, 4.69) is 20.9 Å². The van der Waals surface area contributed by atoms with E-state index in [1.807, 2.05) is 60.7 Å². The van der Waals surface area contributed by atoms with Crippen LogP contribution in [0.4, 0.5) is 0 Å². The molecule has 27 heavy (non-hydrogen) atoms. The molecule has 0 bridgehead atoms. The fourth-order valence-corrected chi connectivity index (χ4v) is 4.89. The van der Waals surface area contributed by atoms with Crippen LogP contribution < -0.4 is 5.73 Å². The van der Waals surface area contributed by atoms with Gasteiger partial charge in [0, 0.05) is 6.42 Å². The van der Waals surface area contributed by atoms with E-state index in [0.717, 1.165) is 28.6 Å². The maximum atomic E-state index is 13.0.